The monoisotopic (exact) mass is 617 g/mol. The van der Waals surface area contributed by atoms with Gasteiger partial charge in [0.25, 0.3) is 5.91 Å². The minimum absolute atomic E-state index is 0.185. The molecule has 1 fully saturated rings. The van der Waals surface area contributed by atoms with Gasteiger partial charge < -0.3 is 19.4 Å². The number of carbonyl (C=O) groups is 3. The quantitative estimate of drug-likeness (QED) is 0.339. The molecule has 0 aromatic heterocycles. The number of hydrogen-bond acceptors (Lipinski definition) is 4. The van der Waals surface area contributed by atoms with Gasteiger partial charge in [-0.15, -0.1) is 0 Å². The molecule has 3 aromatic carbocycles. The molecule has 3 amide bonds. The summed E-state index contributed by atoms with van der Waals surface area (Å²) in [4.78, 5) is 43.3. The Balaban J connectivity index is 1.37. The fourth-order valence-corrected chi connectivity index (χ4v) is 4.79. The Kier molecular flexibility index (Phi) is 8.97. The molecule has 0 bridgehead atoms. The molecular weight excluding hydrogens is 593 g/mol. The van der Waals surface area contributed by atoms with Gasteiger partial charge in [-0.1, -0.05) is 69.0 Å². The van der Waals surface area contributed by atoms with E-state index in [2.05, 4.69) is 15.9 Å². The summed E-state index contributed by atoms with van der Waals surface area (Å²) in [5, 5.41) is 0.506. The van der Waals surface area contributed by atoms with Crippen molar-refractivity contribution in [3.05, 3.63) is 91.9 Å². The maximum atomic E-state index is 13.0. The van der Waals surface area contributed by atoms with Gasteiger partial charge in [0.2, 0.25) is 0 Å². The predicted octanol–water partition coefficient (Wildman–Crippen LogP) is 5.80. The van der Waals surface area contributed by atoms with Crippen LogP contribution in [0.2, 0.25) is 10.0 Å². The first-order chi connectivity index (χ1) is 18.1. The van der Waals surface area contributed by atoms with E-state index in [0.29, 0.717) is 22.1 Å². The average molecular weight is 619 g/mol. The highest BCUT2D eigenvalue weighted by Crippen LogP contribution is 2.30. The number of halogens is 3. The molecule has 1 aliphatic rings. The summed E-state index contributed by atoms with van der Waals surface area (Å²) in [6.45, 7) is 3.23. The molecule has 0 saturated carbocycles. The Labute approximate surface area is 240 Å². The molecule has 1 aliphatic heterocycles. The van der Waals surface area contributed by atoms with Crippen LogP contribution in [-0.4, -0.2) is 65.6 Å². The second-order valence-electron chi connectivity index (χ2n) is 9.01. The number of likely N-dealkylation sites (N-methyl/N-ethyl adjacent to an activating group) is 1. The van der Waals surface area contributed by atoms with E-state index in [-0.39, 0.29) is 43.7 Å². The van der Waals surface area contributed by atoms with E-state index in [1.54, 1.807) is 30.1 Å². The number of carbonyl (C=O) groups excluding carboxylic acids is 3. The number of nitrogens with zero attached hydrogens (tertiary/aromatic N) is 3. The molecule has 1 heterocycles. The lowest BCUT2D eigenvalue weighted by molar-refractivity contribution is -0.152. The fourth-order valence-electron chi connectivity index (χ4n) is 4.07. The number of piperazine rings is 1. The molecule has 3 aromatic rings. The zero-order valence-corrected chi connectivity index (χ0v) is 24.0. The molecule has 0 N–H and O–H groups in total. The first-order valence-corrected chi connectivity index (χ1v) is 13.5. The molecule has 0 atom stereocenters. The van der Waals surface area contributed by atoms with Crippen LogP contribution in [0.1, 0.15) is 21.5 Å². The largest absolute Gasteiger partial charge is 0.457 e. The minimum Gasteiger partial charge on any atom is -0.457 e. The predicted molar refractivity (Wildman–Crippen MR) is 151 cm³/mol. The maximum Gasteiger partial charge on any atom is 0.312 e. The average Bonchev–Trinajstić information content (AvgIpc) is 2.92. The molecule has 7 nitrogen and oxygen atoms in total. The van der Waals surface area contributed by atoms with Crippen molar-refractivity contribution in [2.45, 2.75) is 13.5 Å². The lowest BCUT2D eigenvalue weighted by Crippen LogP contribution is -2.54. The number of rotatable bonds is 5. The van der Waals surface area contributed by atoms with Crippen molar-refractivity contribution in [3.63, 3.8) is 0 Å². The van der Waals surface area contributed by atoms with Crippen LogP contribution in [0.3, 0.4) is 0 Å². The highest BCUT2D eigenvalue weighted by Gasteiger charge is 2.31. The third-order valence-electron chi connectivity index (χ3n) is 6.25. The van der Waals surface area contributed by atoms with E-state index < -0.39 is 11.8 Å². The van der Waals surface area contributed by atoms with Crippen molar-refractivity contribution in [2.75, 3.05) is 33.2 Å². The molecule has 38 heavy (non-hydrogen) atoms. The SMILES string of the molecule is Cc1ccc(Oc2cc(Br)ccc2CN(C)C(=O)C(=O)N2CCN(C(=O)c3cccc(Cl)c3Cl)CC2)cc1. The minimum atomic E-state index is -0.633. The molecule has 198 valence electrons. The van der Waals surface area contributed by atoms with E-state index in [4.69, 9.17) is 27.9 Å². The highest BCUT2D eigenvalue weighted by molar-refractivity contribution is 9.10. The van der Waals surface area contributed by atoms with Crippen LogP contribution in [0.25, 0.3) is 0 Å². The van der Waals surface area contributed by atoms with Crippen molar-refractivity contribution < 1.29 is 19.1 Å². The van der Waals surface area contributed by atoms with Crippen LogP contribution in [0, 0.1) is 6.92 Å². The summed E-state index contributed by atoms with van der Waals surface area (Å²) in [5.74, 6) is -0.247. The van der Waals surface area contributed by atoms with Crippen LogP contribution >= 0.6 is 39.1 Å². The summed E-state index contributed by atoms with van der Waals surface area (Å²) in [7, 11) is 1.58. The van der Waals surface area contributed by atoms with E-state index >= 15 is 0 Å². The van der Waals surface area contributed by atoms with Crippen molar-refractivity contribution >= 4 is 56.9 Å². The van der Waals surface area contributed by atoms with Crippen LogP contribution in [0.15, 0.2) is 65.1 Å². The summed E-state index contributed by atoms with van der Waals surface area (Å²) in [6, 6.07) is 18.1. The van der Waals surface area contributed by atoms with E-state index in [1.165, 1.54) is 9.80 Å². The summed E-state index contributed by atoms with van der Waals surface area (Å²) >= 11 is 15.7. The second-order valence-corrected chi connectivity index (χ2v) is 10.7. The number of benzene rings is 3. The van der Waals surface area contributed by atoms with Gasteiger partial charge in [-0.05, 0) is 43.3 Å². The lowest BCUT2D eigenvalue weighted by Gasteiger charge is -2.35. The number of amides is 3. The third kappa shape index (κ3) is 6.49. The molecule has 10 heteroatoms. The van der Waals surface area contributed by atoms with E-state index in [1.807, 2.05) is 49.4 Å². The maximum absolute atomic E-state index is 13.0. The Morgan fingerprint density at radius 1 is 0.947 bits per heavy atom. The Hall–Kier alpha value is -3.07. The van der Waals surface area contributed by atoms with Crippen LogP contribution in [0.5, 0.6) is 11.5 Å². The first kappa shape index (κ1) is 28.0. The standard InChI is InChI=1S/C28H26BrCl2N3O4/c1-18-6-10-21(11-7-18)38-24-16-20(29)9-8-19(24)17-32(2)27(36)28(37)34-14-12-33(13-15-34)26(35)22-4-3-5-23(30)25(22)31/h3-11,16H,12-15,17H2,1-2H3. The normalized spacial score (nSPS) is 13.3. The molecule has 0 aliphatic carbocycles. The number of aryl methyl sites for hydroxylation is 1. The van der Waals surface area contributed by atoms with Gasteiger partial charge in [-0.25, -0.2) is 0 Å². The Bertz CT molecular complexity index is 1360. The zero-order chi connectivity index (χ0) is 27.4. The molecule has 0 spiro atoms. The smallest absolute Gasteiger partial charge is 0.312 e. The fraction of sp³-hybridized carbons (Fsp3) is 0.250. The second kappa shape index (κ2) is 12.2. The highest BCUT2D eigenvalue weighted by atomic mass is 79.9. The Morgan fingerprint density at radius 3 is 2.29 bits per heavy atom. The molecule has 4 rings (SSSR count). The number of hydrogen-bond donors (Lipinski definition) is 0. The van der Waals surface area contributed by atoms with Gasteiger partial charge in [-0.2, -0.15) is 0 Å². The molecular formula is C28H26BrCl2N3O4. The van der Waals surface area contributed by atoms with Gasteiger partial charge in [0.05, 0.1) is 15.6 Å². The molecule has 0 radical (unpaired) electrons. The summed E-state index contributed by atoms with van der Waals surface area (Å²) in [6.07, 6.45) is 0. The van der Waals surface area contributed by atoms with Crippen molar-refractivity contribution in [3.8, 4) is 11.5 Å². The first-order valence-electron chi connectivity index (χ1n) is 11.9. The number of ether oxygens (including phenoxy) is 1. The summed E-state index contributed by atoms with van der Waals surface area (Å²) in [5.41, 5.74) is 2.19. The van der Waals surface area contributed by atoms with Crippen molar-refractivity contribution in [1.82, 2.24) is 14.7 Å². The lowest BCUT2D eigenvalue weighted by atomic mass is 10.1. The van der Waals surface area contributed by atoms with Crippen LogP contribution in [0.4, 0.5) is 0 Å². The van der Waals surface area contributed by atoms with Crippen LogP contribution in [-0.2, 0) is 16.1 Å². The summed E-state index contributed by atoms with van der Waals surface area (Å²) < 4.78 is 6.90. The van der Waals surface area contributed by atoms with Gasteiger partial charge in [0.15, 0.2) is 0 Å². The van der Waals surface area contributed by atoms with Gasteiger partial charge in [0, 0.05) is 49.8 Å². The van der Waals surface area contributed by atoms with Crippen molar-refractivity contribution in [1.29, 1.82) is 0 Å². The van der Waals surface area contributed by atoms with E-state index in [9.17, 15) is 14.4 Å². The zero-order valence-electron chi connectivity index (χ0n) is 20.9. The third-order valence-corrected chi connectivity index (χ3v) is 7.56. The van der Waals surface area contributed by atoms with E-state index in [0.717, 1.165) is 15.6 Å². The van der Waals surface area contributed by atoms with Crippen LogP contribution < -0.4 is 4.74 Å². The topological polar surface area (TPSA) is 70.2 Å². The molecule has 0 unspecified atom stereocenters. The van der Waals surface area contributed by atoms with Crippen molar-refractivity contribution in [2.24, 2.45) is 0 Å². The molecule has 1 saturated heterocycles. The van der Waals surface area contributed by atoms with Gasteiger partial charge in [0.1, 0.15) is 11.5 Å². The van der Waals surface area contributed by atoms with Gasteiger partial charge in [-0.3, -0.25) is 14.4 Å². The Morgan fingerprint density at radius 2 is 1.61 bits per heavy atom. The van der Waals surface area contributed by atoms with Gasteiger partial charge >= 0.3 is 11.8 Å².